The predicted molar refractivity (Wildman–Crippen MR) is 79.4 cm³/mol. The number of methoxy groups -OCH3 is 1. The van der Waals surface area contributed by atoms with Gasteiger partial charge in [-0.1, -0.05) is 0 Å². The van der Waals surface area contributed by atoms with Crippen LogP contribution in [0.15, 0.2) is 29.2 Å². The first-order valence-electron chi connectivity index (χ1n) is 7.12. The number of quaternary nitrogens is 1. The fourth-order valence-corrected chi connectivity index (χ4v) is 3.28. The normalized spacial score (nSPS) is 16.4. The third kappa shape index (κ3) is 4.51. The molecule has 0 spiro atoms. The van der Waals surface area contributed by atoms with E-state index in [-0.39, 0.29) is 4.90 Å². The number of nitrogens with one attached hydrogen (secondary N) is 2. The van der Waals surface area contributed by atoms with Crippen LogP contribution in [0, 0.1) is 0 Å². The zero-order chi connectivity index (χ0) is 16.0. The summed E-state index contributed by atoms with van der Waals surface area (Å²) in [6, 6.07) is 5.67. The SMILES string of the molecule is COC(=O)c1ccc(S(=O)(=O)NCC[NH+]2CCOCC2)cc1. The topological polar surface area (TPSA) is 86.1 Å². The molecule has 0 bridgehead atoms. The van der Waals surface area contributed by atoms with E-state index in [1.165, 1.54) is 36.3 Å². The number of hydrogen-bond acceptors (Lipinski definition) is 5. The van der Waals surface area contributed by atoms with Gasteiger partial charge in [-0.3, -0.25) is 0 Å². The number of benzene rings is 1. The standard InChI is InChI=1S/C14H20N2O5S/c1-20-14(17)12-2-4-13(5-3-12)22(18,19)15-6-7-16-8-10-21-11-9-16/h2-5,15H,6-11H2,1H3/p+1. The van der Waals surface area contributed by atoms with Crippen LogP contribution in [0.4, 0.5) is 0 Å². The molecule has 7 nitrogen and oxygen atoms in total. The number of rotatable bonds is 6. The first kappa shape index (κ1) is 16.9. The molecule has 1 heterocycles. The molecule has 1 fully saturated rings. The molecular formula is C14H21N2O5S+. The fraction of sp³-hybridized carbons (Fsp3) is 0.500. The molecule has 0 unspecified atom stereocenters. The zero-order valence-electron chi connectivity index (χ0n) is 12.5. The summed E-state index contributed by atoms with van der Waals surface area (Å²) in [6.07, 6.45) is 0. The average Bonchev–Trinajstić information content (AvgIpc) is 2.55. The number of esters is 1. The van der Waals surface area contributed by atoms with Crippen molar-refractivity contribution in [1.29, 1.82) is 0 Å². The van der Waals surface area contributed by atoms with Crippen molar-refractivity contribution in [1.82, 2.24) is 4.72 Å². The monoisotopic (exact) mass is 329 g/mol. The van der Waals surface area contributed by atoms with Crippen LogP contribution >= 0.6 is 0 Å². The van der Waals surface area contributed by atoms with Crippen LogP contribution in [0.3, 0.4) is 0 Å². The van der Waals surface area contributed by atoms with E-state index >= 15 is 0 Å². The molecule has 1 saturated heterocycles. The summed E-state index contributed by atoms with van der Waals surface area (Å²) in [7, 11) is -2.28. The van der Waals surface area contributed by atoms with Crippen molar-refractivity contribution in [3.8, 4) is 0 Å². The van der Waals surface area contributed by atoms with E-state index in [9.17, 15) is 13.2 Å². The van der Waals surface area contributed by atoms with E-state index in [1.807, 2.05) is 0 Å². The third-order valence-corrected chi connectivity index (χ3v) is 5.03. The summed E-state index contributed by atoms with van der Waals surface area (Å²) in [4.78, 5) is 12.8. The lowest BCUT2D eigenvalue weighted by Gasteiger charge is -2.23. The van der Waals surface area contributed by atoms with Crippen LogP contribution in [0.25, 0.3) is 0 Å². The molecule has 1 aliphatic heterocycles. The minimum Gasteiger partial charge on any atom is -0.465 e. The average molecular weight is 329 g/mol. The Balaban J connectivity index is 1.90. The molecule has 0 atom stereocenters. The Kier molecular flexibility index (Phi) is 5.90. The molecule has 1 aromatic carbocycles. The highest BCUT2D eigenvalue weighted by molar-refractivity contribution is 7.89. The van der Waals surface area contributed by atoms with Gasteiger partial charge in [0.2, 0.25) is 10.0 Å². The number of sulfonamides is 1. The van der Waals surface area contributed by atoms with Gasteiger partial charge >= 0.3 is 5.97 Å². The Bertz CT molecular complexity index is 594. The molecule has 0 radical (unpaired) electrons. The third-order valence-electron chi connectivity index (χ3n) is 3.56. The van der Waals surface area contributed by atoms with Gasteiger partial charge in [-0.05, 0) is 24.3 Å². The van der Waals surface area contributed by atoms with Crippen LogP contribution in [-0.2, 0) is 19.5 Å². The minimum atomic E-state index is -3.56. The number of carbonyl (C=O) groups excluding carboxylic acids is 1. The van der Waals surface area contributed by atoms with Crippen molar-refractivity contribution in [3.05, 3.63) is 29.8 Å². The van der Waals surface area contributed by atoms with Gasteiger partial charge < -0.3 is 14.4 Å². The number of morpholine rings is 1. The number of hydrogen-bond donors (Lipinski definition) is 2. The van der Waals surface area contributed by atoms with Crippen molar-refractivity contribution < 1.29 is 27.6 Å². The highest BCUT2D eigenvalue weighted by Crippen LogP contribution is 2.10. The summed E-state index contributed by atoms with van der Waals surface area (Å²) >= 11 is 0. The van der Waals surface area contributed by atoms with Crippen molar-refractivity contribution in [2.24, 2.45) is 0 Å². The molecule has 22 heavy (non-hydrogen) atoms. The summed E-state index contributed by atoms with van der Waals surface area (Å²) < 4.78 is 36.7. The predicted octanol–water partition coefficient (Wildman–Crippen LogP) is -1.33. The lowest BCUT2D eigenvalue weighted by molar-refractivity contribution is -0.906. The highest BCUT2D eigenvalue weighted by Gasteiger charge is 2.17. The minimum absolute atomic E-state index is 0.136. The van der Waals surface area contributed by atoms with Crippen LogP contribution in [0.5, 0.6) is 0 Å². The summed E-state index contributed by atoms with van der Waals surface area (Å²) in [5, 5.41) is 0. The molecule has 1 aliphatic rings. The molecule has 1 aromatic rings. The fourth-order valence-electron chi connectivity index (χ4n) is 2.24. The zero-order valence-corrected chi connectivity index (χ0v) is 13.3. The van der Waals surface area contributed by atoms with Crippen LogP contribution in [-0.4, -0.2) is 60.9 Å². The Hall–Kier alpha value is -1.48. The van der Waals surface area contributed by atoms with Gasteiger partial charge in [-0.15, -0.1) is 0 Å². The van der Waals surface area contributed by atoms with Gasteiger partial charge in [0.25, 0.3) is 0 Å². The van der Waals surface area contributed by atoms with Crippen molar-refractivity contribution in [3.63, 3.8) is 0 Å². The number of carbonyl (C=O) groups is 1. The summed E-state index contributed by atoms with van der Waals surface area (Å²) in [5.74, 6) is -0.493. The lowest BCUT2D eigenvalue weighted by Crippen LogP contribution is -3.14. The smallest absolute Gasteiger partial charge is 0.337 e. The maximum absolute atomic E-state index is 12.2. The van der Waals surface area contributed by atoms with Crippen molar-refractivity contribution in [2.45, 2.75) is 4.90 Å². The van der Waals surface area contributed by atoms with Crippen molar-refractivity contribution >= 4 is 16.0 Å². The first-order chi connectivity index (χ1) is 10.5. The van der Waals surface area contributed by atoms with Gasteiger partial charge in [0.15, 0.2) is 0 Å². The molecule has 8 heteroatoms. The molecular weight excluding hydrogens is 308 g/mol. The molecule has 0 saturated carbocycles. The van der Waals surface area contributed by atoms with E-state index in [1.54, 1.807) is 0 Å². The van der Waals surface area contributed by atoms with E-state index in [0.717, 1.165) is 32.8 Å². The molecule has 2 rings (SSSR count). The number of ether oxygens (including phenoxy) is 2. The first-order valence-corrected chi connectivity index (χ1v) is 8.60. The summed E-state index contributed by atoms with van der Waals surface area (Å²) in [6.45, 7) is 4.33. The Labute approximate surface area is 130 Å². The second-order valence-corrected chi connectivity index (χ2v) is 6.79. The van der Waals surface area contributed by atoms with E-state index < -0.39 is 16.0 Å². The maximum atomic E-state index is 12.2. The van der Waals surface area contributed by atoms with Gasteiger partial charge in [0.1, 0.15) is 13.1 Å². The van der Waals surface area contributed by atoms with E-state index in [2.05, 4.69) is 9.46 Å². The quantitative estimate of drug-likeness (QED) is 0.632. The van der Waals surface area contributed by atoms with Crippen LogP contribution in [0.2, 0.25) is 0 Å². The lowest BCUT2D eigenvalue weighted by atomic mass is 10.2. The Morgan fingerprint density at radius 2 is 1.91 bits per heavy atom. The molecule has 0 amide bonds. The van der Waals surface area contributed by atoms with E-state index in [4.69, 9.17) is 4.74 Å². The van der Waals surface area contributed by atoms with Crippen LogP contribution in [0.1, 0.15) is 10.4 Å². The Morgan fingerprint density at radius 3 is 2.50 bits per heavy atom. The molecule has 0 aliphatic carbocycles. The van der Waals surface area contributed by atoms with Gasteiger partial charge in [0.05, 0.1) is 43.9 Å². The van der Waals surface area contributed by atoms with Crippen LogP contribution < -0.4 is 9.62 Å². The summed E-state index contributed by atoms with van der Waals surface area (Å²) in [5.41, 5.74) is 0.319. The largest absolute Gasteiger partial charge is 0.465 e. The van der Waals surface area contributed by atoms with Gasteiger partial charge in [0, 0.05) is 0 Å². The molecule has 122 valence electrons. The molecule has 2 N–H and O–H groups in total. The highest BCUT2D eigenvalue weighted by atomic mass is 32.2. The second-order valence-electron chi connectivity index (χ2n) is 5.03. The van der Waals surface area contributed by atoms with Crippen molar-refractivity contribution in [2.75, 3.05) is 46.5 Å². The molecule has 0 aromatic heterocycles. The van der Waals surface area contributed by atoms with Gasteiger partial charge in [-0.2, -0.15) is 0 Å². The second kappa shape index (κ2) is 7.68. The van der Waals surface area contributed by atoms with Gasteiger partial charge in [-0.25, -0.2) is 17.9 Å². The maximum Gasteiger partial charge on any atom is 0.337 e. The Morgan fingerprint density at radius 1 is 1.27 bits per heavy atom. The van der Waals surface area contributed by atoms with E-state index in [0.29, 0.717) is 12.1 Å².